The number of fused-ring (bicyclic) bond motifs is 7. The third kappa shape index (κ3) is 3.47. The van der Waals surface area contributed by atoms with E-state index in [9.17, 15) is 19.8 Å². The molecule has 0 bridgehead atoms. The number of benzene rings is 1. The summed E-state index contributed by atoms with van der Waals surface area (Å²) < 4.78 is 14.9. The molecular formula is C31H35N3O6. The van der Waals surface area contributed by atoms with Crippen molar-refractivity contribution in [2.24, 2.45) is 28.6 Å². The molecule has 0 unspecified atom stereocenters. The van der Waals surface area contributed by atoms with Gasteiger partial charge >= 0.3 is 0 Å². The highest BCUT2D eigenvalue weighted by atomic mass is 16.7. The van der Waals surface area contributed by atoms with Gasteiger partial charge in [-0.05, 0) is 55.2 Å². The van der Waals surface area contributed by atoms with E-state index in [-0.39, 0.29) is 29.3 Å². The summed E-state index contributed by atoms with van der Waals surface area (Å²) in [7, 11) is 0. The molecule has 0 radical (unpaired) electrons. The molecule has 3 saturated carbocycles. The van der Waals surface area contributed by atoms with Gasteiger partial charge < -0.3 is 19.7 Å². The molecule has 1 aromatic heterocycles. The van der Waals surface area contributed by atoms with Crippen molar-refractivity contribution in [2.45, 2.75) is 70.2 Å². The van der Waals surface area contributed by atoms with Crippen LogP contribution in [-0.4, -0.2) is 61.2 Å². The maximum Gasteiger partial charge on any atom is 0.193 e. The van der Waals surface area contributed by atoms with E-state index in [2.05, 4.69) is 17.2 Å². The number of carbonyl (C=O) groups is 2. The number of carbonyl (C=O) groups excluding carboxylic acids is 2. The number of nitrogens with zero attached hydrogens (tertiary/aromatic N) is 3. The maximum atomic E-state index is 13.7. The number of aliphatic hydroxyl groups excluding tert-OH is 2. The molecule has 1 saturated heterocycles. The lowest BCUT2D eigenvalue weighted by atomic mass is 9.46. The van der Waals surface area contributed by atoms with E-state index in [1.54, 1.807) is 29.2 Å². The molecule has 7 rings (SSSR count). The number of allylic oxidation sites excluding steroid dienone is 4. The average molecular weight is 546 g/mol. The van der Waals surface area contributed by atoms with Gasteiger partial charge in [0.1, 0.15) is 6.61 Å². The van der Waals surface area contributed by atoms with Crippen LogP contribution in [-0.2, 0) is 25.6 Å². The Bertz CT molecular complexity index is 1400. The van der Waals surface area contributed by atoms with E-state index < -0.39 is 41.5 Å². The molecule has 0 spiro atoms. The second kappa shape index (κ2) is 9.01. The molecule has 1 aliphatic heterocycles. The molecular weight excluding hydrogens is 510 g/mol. The molecule has 9 nitrogen and oxygen atoms in total. The Morgan fingerprint density at radius 1 is 1.23 bits per heavy atom. The zero-order chi connectivity index (χ0) is 27.9. The number of hydrogen-bond acceptors (Lipinski definition) is 8. The van der Waals surface area contributed by atoms with E-state index >= 15 is 0 Å². The van der Waals surface area contributed by atoms with E-state index in [0.717, 1.165) is 29.5 Å². The van der Waals surface area contributed by atoms with Gasteiger partial charge in [0.25, 0.3) is 0 Å². The second-order valence-corrected chi connectivity index (χ2v) is 12.7. The van der Waals surface area contributed by atoms with E-state index in [4.69, 9.17) is 9.47 Å². The van der Waals surface area contributed by atoms with Crippen LogP contribution in [0.3, 0.4) is 0 Å². The molecule has 5 aliphatic rings. The van der Waals surface area contributed by atoms with Crippen LogP contribution in [0, 0.1) is 28.6 Å². The summed E-state index contributed by atoms with van der Waals surface area (Å²) in [4.78, 5) is 25.8. The lowest BCUT2D eigenvalue weighted by Crippen LogP contribution is -2.63. The summed E-state index contributed by atoms with van der Waals surface area (Å²) in [6.45, 7) is 4.11. The first kappa shape index (κ1) is 26.0. The molecule has 4 aliphatic carbocycles. The van der Waals surface area contributed by atoms with Crippen molar-refractivity contribution < 1.29 is 29.3 Å². The molecule has 2 heterocycles. The maximum absolute atomic E-state index is 13.7. The summed E-state index contributed by atoms with van der Waals surface area (Å²) in [6, 6.07) is 7.84. The van der Waals surface area contributed by atoms with Gasteiger partial charge in [0.05, 0.1) is 24.9 Å². The highest BCUT2D eigenvalue weighted by Crippen LogP contribution is 2.70. The monoisotopic (exact) mass is 545 g/mol. The molecule has 0 amide bonds. The van der Waals surface area contributed by atoms with Gasteiger partial charge in [-0.1, -0.05) is 55.0 Å². The standard InChI is InChI=1S/C31H35N3O6/c1-29-10-9-21(36)13-20(29)7-8-22-23-14-26-31(25(38)17-35,30(23,2)15-24(37)27(22)29)40-28(39-26)19-5-3-18(4-6-19)16-34-12-11-32-33-34/h3-6,9-13,22-24,26-28,35,37H,7-8,14-17H2,1-2H3/t22-,23-,24-,26+,27+,28+,29-,30-,31+/m0/s1. The smallest absolute Gasteiger partial charge is 0.193 e. The van der Waals surface area contributed by atoms with Crippen LogP contribution in [0.1, 0.15) is 56.9 Å². The van der Waals surface area contributed by atoms with Crippen molar-refractivity contribution in [3.63, 3.8) is 0 Å². The molecule has 4 fully saturated rings. The van der Waals surface area contributed by atoms with Gasteiger partial charge in [-0.3, -0.25) is 9.59 Å². The van der Waals surface area contributed by atoms with Crippen molar-refractivity contribution in [1.29, 1.82) is 0 Å². The van der Waals surface area contributed by atoms with Crippen LogP contribution >= 0.6 is 0 Å². The largest absolute Gasteiger partial charge is 0.393 e. The summed E-state index contributed by atoms with van der Waals surface area (Å²) in [6.07, 6.45) is 9.41. The number of hydrogen-bond donors (Lipinski definition) is 2. The minimum atomic E-state index is -1.35. The van der Waals surface area contributed by atoms with E-state index in [0.29, 0.717) is 19.4 Å². The first-order chi connectivity index (χ1) is 19.2. The highest BCUT2D eigenvalue weighted by molar-refractivity contribution is 6.01. The molecule has 9 heteroatoms. The minimum absolute atomic E-state index is 0.00299. The molecule has 2 N–H and O–H groups in total. The number of rotatable bonds is 5. The van der Waals surface area contributed by atoms with Crippen molar-refractivity contribution in [3.05, 3.63) is 71.6 Å². The van der Waals surface area contributed by atoms with Gasteiger partial charge in [0, 0.05) is 28.5 Å². The summed E-state index contributed by atoms with van der Waals surface area (Å²) in [5, 5.41) is 29.8. The Kier molecular flexibility index (Phi) is 5.85. The van der Waals surface area contributed by atoms with Crippen LogP contribution in [0.4, 0.5) is 0 Å². The zero-order valence-electron chi connectivity index (χ0n) is 22.8. The van der Waals surface area contributed by atoms with E-state index in [1.807, 2.05) is 37.3 Å². The predicted octanol–water partition coefficient (Wildman–Crippen LogP) is 2.93. The van der Waals surface area contributed by atoms with Crippen LogP contribution in [0.15, 0.2) is 60.5 Å². The zero-order valence-corrected chi connectivity index (χ0v) is 22.8. The molecule has 1 aromatic carbocycles. The topological polar surface area (TPSA) is 124 Å². The Hall–Kier alpha value is -2.98. The van der Waals surface area contributed by atoms with E-state index in [1.165, 1.54) is 0 Å². The van der Waals surface area contributed by atoms with Crippen LogP contribution in [0.2, 0.25) is 0 Å². The Balaban J connectivity index is 1.20. The third-order valence-corrected chi connectivity index (χ3v) is 10.9. The van der Waals surface area contributed by atoms with Crippen molar-refractivity contribution in [1.82, 2.24) is 15.0 Å². The summed E-state index contributed by atoms with van der Waals surface area (Å²) in [5.41, 5.74) is 0.460. The lowest BCUT2D eigenvalue weighted by Gasteiger charge is -2.59. The van der Waals surface area contributed by atoms with Crippen LogP contribution in [0.5, 0.6) is 0 Å². The van der Waals surface area contributed by atoms with Gasteiger partial charge in [0.2, 0.25) is 0 Å². The second-order valence-electron chi connectivity index (χ2n) is 12.7. The predicted molar refractivity (Wildman–Crippen MR) is 142 cm³/mol. The van der Waals surface area contributed by atoms with Gasteiger partial charge in [0.15, 0.2) is 23.5 Å². The quantitative estimate of drug-likeness (QED) is 0.588. The molecule has 9 atom stereocenters. The number of Topliss-reactive ketones (excluding diaryl/α,β-unsaturated/α-hetero) is 1. The average Bonchev–Trinajstić information content (AvgIpc) is 3.64. The molecule has 40 heavy (non-hydrogen) atoms. The SMILES string of the molecule is C[C@]12C=CC(=O)C=C1CC[C@@H]1[C@@H]2[C@@H](O)C[C@@]2(C)[C@H]1C[C@H]1O[C@@H](c3ccc(Cn4ccnn4)cc3)O[C@]12C(=O)CO. The number of ketones is 2. The summed E-state index contributed by atoms with van der Waals surface area (Å²) in [5.74, 6) is -0.253. The van der Waals surface area contributed by atoms with Crippen molar-refractivity contribution in [2.75, 3.05) is 6.61 Å². The normalized spacial score (nSPS) is 41.6. The first-order valence-corrected chi connectivity index (χ1v) is 14.2. The molecule has 210 valence electrons. The van der Waals surface area contributed by atoms with Crippen LogP contribution < -0.4 is 0 Å². The fourth-order valence-electron chi connectivity index (χ4n) is 9.12. The Morgan fingerprint density at radius 3 is 2.75 bits per heavy atom. The molecule has 2 aromatic rings. The van der Waals surface area contributed by atoms with Gasteiger partial charge in [-0.2, -0.15) is 0 Å². The lowest BCUT2D eigenvalue weighted by molar-refractivity contribution is -0.201. The number of aromatic nitrogens is 3. The first-order valence-electron chi connectivity index (χ1n) is 14.2. The third-order valence-electron chi connectivity index (χ3n) is 10.9. The highest BCUT2D eigenvalue weighted by Gasteiger charge is 2.75. The van der Waals surface area contributed by atoms with Gasteiger partial charge in [-0.25, -0.2) is 4.68 Å². The Morgan fingerprint density at radius 2 is 2.02 bits per heavy atom. The van der Waals surface area contributed by atoms with Crippen molar-refractivity contribution >= 4 is 11.6 Å². The van der Waals surface area contributed by atoms with Crippen molar-refractivity contribution in [3.8, 4) is 0 Å². The van der Waals surface area contributed by atoms with Crippen LogP contribution in [0.25, 0.3) is 0 Å². The fraction of sp³-hybridized carbons (Fsp3) is 0.548. The summed E-state index contributed by atoms with van der Waals surface area (Å²) >= 11 is 0. The fourth-order valence-corrected chi connectivity index (χ4v) is 9.12. The minimum Gasteiger partial charge on any atom is -0.393 e. The van der Waals surface area contributed by atoms with Gasteiger partial charge in [-0.15, -0.1) is 5.10 Å². The Labute approximate surface area is 232 Å². The number of aliphatic hydroxyl groups is 2. The number of ether oxygens (including phenoxy) is 2.